The zero-order chi connectivity index (χ0) is 25.1. The number of carbonyl (C=O) groups is 1. The van der Waals surface area contributed by atoms with E-state index < -0.39 is 40.5 Å². The molecule has 5 N–H and O–H groups in total. The number of aliphatic hydroxyl groups excluding tert-OH is 2. The van der Waals surface area contributed by atoms with Gasteiger partial charge in [0.05, 0.1) is 32.4 Å². The van der Waals surface area contributed by atoms with E-state index >= 15 is 0 Å². The molecule has 0 fully saturated rings. The minimum atomic E-state index is -3.76. The summed E-state index contributed by atoms with van der Waals surface area (Å²) in [6.45, 7) is 12.8. The van der Waals surface area contributed by atoms with Crippen LogP contribution in [0.1, 0.15) is 61.2 Å². The number of carbonyl (C=O) groups excluding carboxylic acids is 1. The lowest BCUT2D eigenvalue weighted by atomic mass is 9.86. The number of halogens is 1. The number of hydrogen-bond donors (Lipinski definition) is 4. The van der Waals surface area contributed by atoms with Crippen LogP contribution >= 0.6 is 11.3 Å². The Kier molecular flexibility index (Phi) is 8.45. The van der Waals surface area contributed by atoms with E-state index in [1.807, 2.05) is 13.8 Å². The van der Waals surface area contributed by atoms with Crippen LogP contribution in [0.5, 0.6) is 0 Å². The first-order valence-electron chi connectivity index (χ1n) is 10.0. The van der Waals surface area contributed by atoms with Crippen LogP contribution in [0.25, 0.3) is 4.85 Å². The lowest BCUT2D eigenvalue weighted by Gasteiger charge is -2.21. The molecule has 1 amide bonds. The molecular weight excluding hydrogens is 471 g/mol. The van der Waals surface area contributed by atoms with Crippen LogP contribution in [0.3, 0.4) is 0 Å². The molecule has 12 heteroatoms. The van der Waals surface area contributed by atoms with E-state index in [-0.39, 0.29) is 38.7 Å². The summed E-state index contributed by atoms with van der Waals surface area (Å²) >= 11 is 0.647. The second kappa shape index (κ2) is 10.3. The molecule has 1 aromatic heterocycles. The molecule has 0 aliphatic carbocycles. The Balaban J connectivity index is 2.53. The third kappa shape index (κ3) is 5.63. The van der Waals surface area contributed by atoms with Gasteiger partial charge < -0.3 is 15.3 Å². The Morgan fingerprint density at radius 1 is 1.33 bits per heavy atom. The average Bonchev–Trinajstić information content (AvgIpc) is 3.24. The number of nitrogens with zero attached hydrogens (tertiary/aromatic N) is 3. The molecular formula is C21H27FN4O5S2. The number of aliphatic hydroxyl groups is 3. The van der Waals surface area contributed by atoms with Crippen molar-refractivity contribution in [3.05, 3.63) is 51.2 Å². The van der Waals surface area contributed by atoms with Gasteiger partial charge in [0.25, 0.3) is 5.91 Å². The van der Waals surface area contributed by atoms with Gasteiger partial charge in [-0.15, -0.1) is 15.7 Å². The van der Waals surface area contributed by atoms with Crippen LogP contribution in [-0.4, -0.2) is 43.6 Å². The summed E-state index contributed by atoms with van der Waals surface area (Å²) < 4.78 is 31.4. The van der Waals surface area contributed by atoms with Crippen molar-refractivity contribution in [1.82, 2.24) is 4.98 Å². The van der Waals surface area contributed by atoms with Crippen molar-refractivity contribution in [2.24, 2.45) is 9.50 Å². The summed E-state index contributed by atoms with van der Waals surface area (Å²) in [7, 11) is -3.76. The summed E-state index contributed by atoms with van der Waals surface area (Å²) in [6.07, 6.45) is 0.687. The molecule has 0 saturated heterocycles. The molecule has 1 unspecified atom stereocenters. The first-order chi connectivity index (χ1) is 15.3. The van der Waals surface area contributed by atoms with Gasteiger partial charge in [-0.3, -0.25) is 4.79 Å². The number of thiazole rings is 1. The molecule has 0 aliphatic rings. The van der Waals surface area contributed by atoms with E-state index in [4.69, 9.17) is 11.7 Å². The van der Waals surface area contributed by atoms with Gasteiger partial charge in [-0.05, 0) is 29.0 Å². The van der Waals surface area contributed by atoms with Crippen LogP contribution in [-0.2, 0) is 26.7 Å². The van der Waals surface area contributed by atoms with Gasteiger partial charge in [0.2, 0.25) is 5.69 Å². The second-order valence-electron chi connectivity index (χ2n) is 8.18. The van der Waals surface area contributed by atoms with Crippen LogP contribution in [0.4, 0.5) is 10.1 Å². The van der Waals surface area contributed by atoms with Crippen molar-refractivity contribution in [3.63, 3.8) is 0 Å². The standard InChI is InChI=1S/C21H27FN4O5S2/c1-11(2)13-6-15(24-5)19(22)18(12(3)4)14(13)7-16(29)26-33(23,31)17-8-25-20(32-17)21(30,9-27)10-28/h6,8,11-12,27-28,30H,7,9-10H2,1-4H3,(H2,23,26,29,31). The van der Waals surface area contributed by atoms with E-state index in [1.54, 1.807) is 13.8 Å². The Hall–Kier alpha value is -2.27. The first kappa shape index (κ1) is 27.0. The van der Waals surface area contributed by atoms with Crippen LogP contribution in [0, 0.1) is 12.4 Å². The topological polar surface area (TPSA) is 150 Å². The van der Waals surface area contributed by atoms with Gasteiger partial charge >= 0.3 is 0 Å². The highest BCUT2D eigenvalue weighted by molar-refractivity contribution is 7.93. The minimum absolute atomic E-state index is 0.118. The smallest absolute Gasteiger partial charge is 0.259 e. The molecule has 0 aliphatic heterocycles. The number of nitrogens with two attached hydrogens (primary N) is 1. The van der Waals surface area contributed by atoms with E-state index in [0.29, 0.717) is 22.5 Å². The summed E-state index contributed by atoms with van der Waals surface area (Å²) in [6, 6.07) is 1.42. The third-order valence-electron chi connectivity index (χ3n) is 5.01. The average molecular weight is 499 g/mol. The van der Waals surface area contributed by atoms with Gasteiger partial charge in [-0.25, -0.2) is 23.6 Å². The van der Waals surface area contributed by atoms with Crippen molar-refractivity contribution in [2.45, 2.75) is 55.8 Å². The molecule has 2 rings (SSSR count). The molecule has 1 atom stereocenters. The zero-order valence-corrected chi connectivity index (χ0v) is 20.3. The number of amides is 1. The van der Waals surface area contributed by atoms with Gasteiger partial charge in [0, 0.05) is 0 Å². The highest BCUT2D eigenvalue weighted by Crippen LogP contribution is 2.36. The fraction of sp³-hybridized carbons (Fsp3) is 0.476. The maximum absolute atomic E-state index is 15.0. The largest absolute Gasteiger partial charge is 0.393 e. The fourth-order valence-corrected chi connectivity index (χ4v) is 5.50. The quantitative estimate of drug-likeness (QED) is 0.411. The van der Waals surface area contributed by atoms with Gasteiger partial charge in [-0.2, -0.15) is 0 Å². The lowest BCUT2D eigenvalue weighted by molar-refractivity contribution is -0.117. The number of rotatable bonds is 8. The fourth-order valence-electron chi connectivity index (χ4n) is 3.29. The molecule has 0 radical (unpaired) electrons. The molecule has 2 aromatic rings. The van der Waals surface area contributed by atoms with Crippen LogP contribution in [0.2, 0.25) is 0 Å². The molecule has 0 saturated carbocycles. The highest BCUT2D eigenvalue weighted by Gasteiger charge is 2.32. The van der Waals surface area contributed by atoms with Crippen molar-refractivity contribution < 1.29 is 28.7 Å². The van der Waals surface area contributed by atoms with E-state index in [9.17, 15) is 28.7 Å². The van der Waals surface area contributed by atoms with Crippen molar-refractivity contribution >= 4 is 32.8 Å². The number of benzene rings is 1. The monoisotopic (exact) mass is 498 g/mol. The third-order valence-corrected chi connectivity index (χ3v) is 8.11. The summed E-state index contributed by atoms with van der Waals surface area (Å²) in [5.41, 5.74) is -0.947. The van der Waals surface area contributed by atoms with Gasteiger partial charge in [0.15, 0.2) is 15.5 Å². The maximum atomic E-state index is 15.0. The summed E-state index contributed by atoms with van der Waals surface area (Å²) in [5.74, 6) is -1.99. The van der Waals surface area contributed by atoms with Crippen molar-refractivity contribution in [3.8, 4) is 0 Å². The molecule has 33 heavy (non-hydrogen) atoms. The molecule has 0 bridgehead atoms. The van der Waals surface area contributed by atoms with E-state index in [2.05, 4.69) is 14.2 Å². The molecule has 180 valence electrons. The molecule has 9 nitrogen and oxygen atoms in total. The van der Waals surface area contributed by atoms with Crippen molar-refractivity contribution in [1.29, 1.82) is 0 Å². The minimum Gasteiger partial charge on any atom is -0.393 e. The zero-order valence-electron chi connectivity index (χ0n) is 18.7. The lowest BCUT2D eigenvalue weighted by Crippen LogP contribution is -2.34. The highest BCUT2D eigenvalue weighted by atomic mass is 32.2. The maximum Gasteiger partial charge on any atom is 0.259 e. The molecule has 0 spiro atoms. The van der Waals surface area contributed by atoms with Gasteiger partial charge in [-0.1, -0.05) is 33.3 Å². The summed E-state index contributed by atoms with van der Waals surface area (Å²) in [4.78, 5) is 19.9. The Morgan fingerprint density at radius 3 is 2.42 bits per heavy atom. The van der Waals surface area contributed by atoms with Crippen LogP contribution < -0.4 is 5.14 Å². The number of hydrogen-bond acceptors (Lipinski definition) is 7. The predicted molar refractivity (Wildman–Crippen MR) is 123 cm³/mol. The van der Waals surface area contributed by atoms with Crippen molar-refractivity contribution in [2.75, 3.05) is 13.2 Å². The molecule has 1 heterocycles. The normalized spacial score (nSPS) is 13.8. The van der Waals surface area contributed by atoms with Gasteiger partial charge in [0.1, 0.15) is 15.0 Å². The Morgan fingerprint density at radius 2 is 1.94 bits per heavy atom. The predicted octanol–water partition coefficient (Wildman–Crippen LogP) is 2.72. The SMILES string of the molecule is [C-]#[N+]c1cc(C(C)C)c(CC(=O)N=S(N)(=O)c2cnc(C(O)(CO)CO)s2)c(C(C)C)c1F. The Labute approximate surface area is 196 Å². The second-order valence-corrected chi connectivity index (χ2v) is 11.2. The Bertz CT molecular complexity index is 1210. The number of aromatic nitrogens is 1. The van der Waals surface area contributed by atoms with E-state index in [1.165, 1.54) is 6.07 Å². The van der Waals surface area contributed by atoms with Crippen LogP contribution in [0.15, 0.2) is 20.8 Å². The summed E-state index contributed by atoms with van der Waals surface area (Å²) in [5, 5.41) is 34.4. The first-order valence-corrected chi connectivity index (χ1v) is 12.4. The van der Waals surface area contributed by atoms with E-state index in [0.717, 1.165) is 6.20 Å². The molecule has 1 aromatic carbocycles.